The van der Waals surface area contributed by atoms with Gasteiger partial charge in [0.2, 0.25) is 0 Å². The third-order valence-electron chi connectivity index (χ3n) is 11.5. The van der Waals surface area contributed by atoms with E-state index in [4.69, 9.17) is 0 Å². The Labute approximate surface area is 291 Å². The molecule has 234 valence electrons. The molecule has 0 atom stereocenters. The summed E-state index contributed by atoms with van der Waals surface area (Å²) in [5, 5.41) is 10.5. The van der Waals surface area contributed by atoms with Crippen LogP contribution in [-0.4, -0.2) is 4.57 Å². The van der Waals surface area contributed by atoms with Gasteiger partial charge in [-0.1, -0.05) is 153 Å². The van der Waals surface area contributed by atoms with Crippen LogP contribution in [0.3, 0.4) is 0 Å². The van der Waals surface area contributed by atoms with Gasteiger partial charge in [0.15, 0.2) is 0 Å². The number of hydrogen-bond acceptors (Lipinski definition) is 0. The van der Waals surface area contributed by atoms with Crippen LogP contribution in [0.4, 0.5) is 0 Å². The Morgan fingerprint density at radius 1 is 0.400 bits per heavy atom. The first-order valence-electron chi connectivity index (χ1n) is 17.6. The van der Waals surface area contributed by atoms with Crippen molar-refractivity contribution in [3.63, 3.8) is 0 Å². The molecule has 0 spiro atoms. The van der Waals surface area contributed by atoms with E-state index in [-0.39, 0.29) is 5.41 Å². The lowest BCUT2D eigenvalue weighted by atomic mass is 9.80. The highest BCUT2D eigenvalue weighted by molar-refractivity contribution is 6.30. The van der Waals surface area contributed by atoms with Crippen molar-refractivity contribution in [2.24, 2.45) is 0 Å². The van der Waals surface area contributed by atoms with E-state index in [9.17, 15) is 0 Å². The predicted molar refractivity (Wildman–Crippen MR) is 213 cm³/mol. The lowest BCUT2D eigenvalue weighted by Crippen LogP contribution is -2.15. The van der Waals surface area contributed by atoms with Crippen molar-refractivity contribution in [3.05, 3.63) is 175 Å². The van der Waals surface area contributed by atoms with Gasteiger partial charge in [-0.05, 0) is 95.5 Å². The highest BCUT2D eigenvalue weighted by Gasteiger charge is 2.39. The van der Waals surface area contributed by atoms with Crippen LogP contribution in [0.15, 0.2) is 164 Å². The molecule has 11 rings (SSSR count). The quantitative estimate of drug-likeness (QED) is 0.170. The van der Waals surface area contributed by atoms with E-state index < -0.39 is 0 Å². The van der Waals surface area contributed by atoms with Gasteiger partial charge < -0.3 is 4.57 Å². The Morgan fingerprint density at radius 3 is 1.76 bits per heavy atom. The number of benzene rings is 9. The van der Waals surface area contributed by atoms with Crippen LogP contribution >= 0.6 is 0 Å². The van der Waals surface area contributed by atoms with E-state index in [2.05, 4.69) is 182 Å². The van der Waals surface area contributed by atoms with Gasteiger partial charge in [0.1, 0.15) is 0 Å². The van der Waals surface area contributed by atoms with Crippen molar-refractivity contribution in [3.8, 4) is 39.1 Å². The van der Waals surface area contributed by atoms with Crippen molar-refractivity contribution in [2.45, 2.75) is 19.3 Å². The Kier molecular flexibility index (Phi) is 5.51. The summed E-state index contributed by atoms with van der Waals surface area (Å²) in [4.78, 5) is 0. The van der Waals surface area contributed by atoms with Crippen molar-refractivity contribution >= 4 is 54.1 Å². The van der Waals surface area contributed by atoms with Gasteiger partial charge in [-0.15, -0.1) is 0 Å². The normalized spacial score (nSPS) is 13.6. The molecular weight excluding hydrogens is 603 g/mol. The molecule has 50 heavy (non-hydrogen) atoms. The van der Waals surface area contributed by atoms with E-state index in [1.54, 1.807) is 0 Å². The van der Waals surface area contributed by atoms with Gasteiger partial charge in [-0.2, -0.15) is 0 Å². The van der Waals surface area contributed by atoms with Crippen LogP contribution in [0, 0.1) is 0 Å². The van der Waals surface area contributed by atoms with Crippen LogP contribution in [0.2, 0.25) is 0 Å². The zero-order valence-corrected chi connectivity index (χ0v) is 28.0. The Bertz CT molecular complexity index is 2980. The lowest BCUT2D eigenvalue weighted by molar-refractivity contribution is 0.661. The van der Waals surface area contributed by atoms with E-state index in [1.807, 2.05) is 0 Å². The SMILES string of the molecule is CC1(C)c2ccccc2-c2c1cc1c(c2-c2ccc3ccc4c(-c5ccccc5)ccc5ccc2c3c54)c2ccccc2n1-c1ccccc1. The Balaban J connectivity index is 1.35. The highest BCUT2D eigenvalue weighted by Crippen LogP contribution is 2.57. The fourth-order valence-corrected chi connectivity index (χ4v) is 9.30. The number of hydrogen-bond donors (Lipinski definition) is 0. The molecule has 1 aliphatic rings. The predicted octanol–water partition coefficient (Wildman–Crippen LogP) is 13.3. The minimum atomic E-state index is -0.152. The number of rotatable bonds is 3. The van der Waals surface area contributed by atoms with Gasteiger partial charge in [0, 0.05) is 27.4 Å². The van der Waals surface area contributed by atoms with E-state index >= 15 is 0 Å². The largest absolute Gasteiger partial charge is 0.309 e. The van der Waals surface area contributed by atoms with Crippen LogP contribution < -0.4 is 0 Å². The summed E-state index contributed by atoms with van der Waals surface area (Å²) in [5.41, 5.74) is 14.2. The summed E-state index contributed by atoms with van der Waals surface area (Å²) in [6.07, 6.45) is 0. The first-order chi connectivity index (χ1) is 24.6. The average Bonchev–Trinajstić information content (AvgIpc) is 3.62. The second-order valence-corrected chi connectivity index (χ2v) is 14.4. The summed E-state index contributed by atoms with van der Waals surface area (Å²) < 4.78 is 2.48. The van der Waals surface area contributed by atoms with Crippen molar-refractivity contribution < 1.29 is 0 Å². The summed E-state index contributed by atoms with van der Waals surface area (Å²) in [5.74, 6) is 0. The van der Waals surface area contributed by atoms with Gasteiger partial charge >= 0.3 is 0 Å². The number of nitrogens with zero attached hydrogens (tertiary/aromatic N) is 1. The molecule has 0 aliphatic heterocycles. The van der Waals surface area contributed by atoms with Crippen molar-refractivity contribution in [1.82, 2.24) is 4.57 Å². The molecule has 10 aromatic rings. The van der Waals surface area contributed by atoms with E-state index in [1.165, 1.54) is 104 Å². The third kappa shape index (κ3) is 3.56. The van der Waals surface area contributed by atoms with Crippen LogP contribution in [0.1, 0.15) is 25.0 Å². The minimum Gasteiger partial charge on any atom is -0.309 e. The maximum Gasteiger partial charge on any atom is 0.0550 e. The Hall–Kier alpha value is -6.18. The van der Waals surface area contributed by atoms with Crippen LogP contribution in [0.25, 0.3) is 93.2 Å². The van der Waals surface area contributed by atoms with Gasteiger partial charge in [0.05, 0.1) is 11.0 Å². The second kappa shape index (κ2) is 9.94. The van der Waals surface area contributed by atoms with E-state index in [0.717, 1.165) is 0 Å². The third-order valence-corrected chi connectivity index (χ3v) is 11.5. The van der Waals surface area contributed by atoms with Gasteiger partial charge in [0.25, 0.3) is 0 Å². The first-order valence-corrected chi connectivity index (χ1v) is 17.6. The fourth-order valence-electron chi connectivity index (χ4n) is 9.30. The summed E-state index contributed by atoms with van der Waals surface area (Å²) in [7, 11) is 0. The molecule has 0 N–H and O–H groups in total. The van der Waals surface area contributed by atoms with E-state index in [0.29, 0.717) is 0 Å². The molecule has 1 aromatic heterocycles. The zero-order chi connectivity index (χ0) is 33.1. The summed E-state index contributed by atoms with van der Waals surface area (Å²) in [6, 6.07) is 61.0. The molecule has 1 nitrogen and oxygen atoms in total. The standard InChI is InChI=1S/C49H33N/c1-49(2)40-19-11-9-17-38(40)46-41(49)29-43-47(39-18-10-12-20-42(39)50(43)33-15-7-4-8-16-33)48(46)37-28-24-32-22-26-35-34(30-13-5-3-6-14-30)25-21-31-23-27-36(37)45(32)44(31)35/h3-29H,1-2H3. The molecule has 0 radical (unpaired) electrons. The first kappa shape index (κ1) is 27.7. The minimum absolute atomic E-state index is 0.152. The molecule has 0 amide bonds. The molecule has 1 aliphatic carbocycles. The monoisotopic (exact) mass is 635 g/mol. The zero-order valence-electron chi connectivity index (χ0n) is 28.0. The smallest absolute Gasteiger partial charge is 0.0550 e. The molecule has 9 aromatic carbocycles. The molecule has 0 fully saturated rings. The summed E-state index contributed by atoms with van der Waals surface area (Å²) >= 11 is 0. The molecular formula is C49H33N. The van der Waals surface area contributed by atoms with Crippen LogP contribution in [-0.2, 0) is 5.41 Å². The van der Waals surface area contributed by atoms with Gasteiger partial charge in [-0.25, -0.2) is 0 Å². The maximum absolute atomic E-state index is 2.50. The molecule has 0 unspecified atom stereocenters. The topological polar surface area (TPSA) is 4.93 Å². The number of aromatic nitrogens is 1. The lowest BCUT2D eigenvalue weighted by Gasteiger charge is -2.23. The number of fused-ring (bicyclic) bond motifs is 6. The molecule has 0 saturated carbocycles. The second-order valence-electron chi connectivity index (χ2n) is 14.4. The molecule has 0 saturated heterocycles. The molecule has 1 heteroatoms. The van der Waals surface area contributed by atoms with Crippen molar-refractivity contribution in [1.29, 1.82) is 0 Å². The molecule has 1 heterocycles. The Morgan fingerprint density at radius 2 is 1.00 bits per heavy atom. The molecule has 0 bridgehead atoms. The maximum atomic E-state index is 2.50. The summed E-state index contributed by atoms with van der Waals surface area (Å²) in [6.45, 7) is 4.80. The van der Waals surface area contributed by atoms with Crippen LogP contribution in [0.5, 0.6) is 0 Å². The fraction of sp³-hybridized carbons (Fsp3) is 0.0612. The van der Waals surface area contributed by atoms with Crippen molar-refractivity contribution in [2.75, 3.05) is 0 Å². The number of para-hydroxylation sites is 2. The van der Waals surface area contributed by atoms with Gasteiger partial charge in [-0.3, -0.25) is 0 Å². The average molecular weight is 636 g/mol. The highest BCUT2D eigenvalue weighted by atomic mass is 15.0.